The highest BCUT2D eigenvalue weighted by molar-refractivity contribution is 5.82. The fourth-order valence-electron chi connectivity index (χ4n) is 3.49. The predicted octanol–water partition coefficient (Wildman–Crippen LogP) is 1.09. The molecule has 0 aliphatic carbocycles. The molecule has 2 rings (SSSR count). The average molecular weight is 297 g/mol. The Morgan fingerprint density at radius 2 is 1.95 bits per heavy atom. The van der Waals surface area contributed by atoms with E-state index in [1.807, 2.05) is 0 Å². The summed E-state index contributed by atoms with van der Waals surface area (Å²) in [5.41, 5.74) is 0. The Labute approximate surface area is 129 Å². The van der Waals surface area contributed by atoms with Crippen molar-refractivity contribution in [2.75, 3.05) is 46.4 Å². The minimum absolute atomic E-state index is 0.107. The van der Waals surface area contributed by atoms with Crippen molar-refractivity contribution < 1.29 is 9.53 Å². The Kier molecular flexibility index (Phi) is 6.93. The Hall–Kier alpha value is -0.650. The minimum atomic E-state index is 0.107. The molecular formula is C16H31N3O2. The Morgan fingerprint density at radius 3 is 2.62 bits per heavy atom. The maximum absolute atomic E-state index is 12.5. The monoisotopic (exact) mass is 297 g/mol. The van der Waals surface area contributed by atoms with Crippen LogP contribution in [0.15, 0.2) is 0 Å². The van der Waals surface area contributed by atoms with E-state index in [1.165, 1.54) is 12.8 Å². The summed E-state index contributed by atoms with van der Waals surface area (Å²) in [5, 5.41) is 3.29. The van der Waals surface area contributed by atoms with Gasteiger partial charge in [-0.3, -0.25) is 9.69 Å². The zero-order valence-electron chi connectivity index (χ0n) is 13.6. The third kappa shape index (κ3) is 4.94. The lowest BCUT2D eigenvalue weighted by atomic mass is 9.99. The second-order valence-corrected chi connectivity index (χ2v) is 6.26. The van der Waals surface area contributed by atoms with Crippen molar-refractivity contribution in [2.45, 2.75) is 51.1 Å². The summed E-state index contributed by atoms with van der Waals surface area (Å²) in [5.74, 6) is 0.256. The summed E-state index contributed by atoms with van der Waals surface area (Å²) in [4.78, 5) is 17.3. The van der Waals surface area contributed by atoms with Crippen molar-refractivity contribution in [3.63, 3.8) is 0 Å². The highest BCUT2D eigenvalue weighted by atomic mass is 16.5. The molecule has 2 aliphatic rings. The van der Waals surface area contributed by atoms with Crippen molar-refractivity contribution in [1.82, 2.24) is 15.1 Å². The van der Waals surface area contributed by atoms with Gasteiger partial charge in [0, 0.05) is 32.8 Å². The number of methoxy groups -OCH3 is 1. The molecule has 0 aromatic carbocycles. The molecule has 0 aromatic heterocycles. The second kappa shape index (κ2) is 8.71. The first kappa shape index (κ1) is 16.7. The summed E-state index contributed by atoms with van der Waals surface area (Å²) in [6.07, 6.45) is 5.56. The fraction of sp³-hybridized carbons (Fsp3) is 0.938. The molecule has 21 heavy (non-hydrogen) atoms. The van der Waals surface area contributed by atoms with Crippen LogP contribution in [-0.2, 0) is 9.53 Å². The maximum Gasteiger partial charge on any atom is 0.237 e. The summed E-state index contributed by atoms with van der Waals surface area (Å²) < 4.78 is 5.12. The average Bonchev–Trinajstić information content (AvgIpc) is 2.54. The third-order valence-electron chi connectivity index (χ3n) is 4.87. The van der Waals surface area contributed by atoms with Gasteiger partial charge in [-0.25, -0.2) is 0 Å². The first-order valence-corrected chi connectivity index (χ1v) is 8.50. The van der Waals surface area contributed by atoms with Crippen LogP contribution in [0.3, 0.4) is 0 Å². The smallest absolute Gasteiger partial charge is 0.237 e. The fourth-order valence-corrected chi connectivity index (χ4v) is 3.49. The zero-order chi connectivity index (χ0) is 15.1. The largest absolute Gasteiger partial charge is 0.383 e. The van der Waals surface area contributed by atoms with E-state index in [4.69, 9.17) is 4.74 Å². The number of rotatable bonds is 6. The lowest BCUT2D eigenvalue weighted by molar-refractivity contribution is -0.128. The molecule has 1 atom stereocenters. The molecular weight excluding hydrogens is 266 g/mol. The summed E-state index contributed by atoms with van der Waals surface area (Å²) >= 11 is 0. The number of carbonyl (C=O) groups excluding carboxylic acids is 1. The van der Waals surface area contributed by atoms with Gasteiger partial charge in [0.15, 0.2) is 0 Å². The second-order valence-electron chi connectivity index (χ2n) is 6.26. The van der Waals surface area contributed by atoms with Gasteiger partial charge in [-0.2, -0.15) is 0 Å². The van der Waals surface area contributed by atoms with Crippen LogP contribution in [-0.4, -0.2) is 74.2 Å². The number of likely N-dealkylation sites (N-methyl/N-ethyl adjacent to an activating group) is 1. The van der Waals surface area contributed by atoms with Crippen LogP contribution in [0.5, 0.6) is 0 Å². The van der Waals surface area contributed by atoms with Gasteiger partial charge in [-0.1, -0.05) is 13.3 Å². The number of piperidine rings is 2. The summed E-state index contributed by atoms with van der Waals surface area (Å²) in [7, 11) is 1.75. The molecule has 0 saturated carbocycles. The number of nitrogens with one attached hydrogen (secondary N) is 1. The van der Waals surface area contributed by atoms with Gasteiger partial charge in [0.1, 0.15) is 0 Å². The van der Waals surface area contributed by atoms with E-state index >= 15 is 0 Å². The maximum atomic E-state index is 12.5. The molecule has 0 aromatic rings. The molecule has 5 heteroatoms. The van der Waals surface area contributed by atoms with Crippen LogP contribution in [0.25, 0.3) is 0 Å². The van der Waals surface area contributed by atoms with Crippen LogP contribution in [0.1, 0.15) is 39.0 Å². The Bertz CT molecular complexity index is 317. The lowest BCUT2D eigenvalue weighted by Crippen LogP contribution is -2.53. The van der Waals surface area contributed by atoms with E-state index in [0.29, 0.717) is 6.04 Å². The highest BCUT2D eigenvalue weighted by Gasteiger charge is 2.29. The van der Waals surface area contributed by atoms with Crippen molar-refractivity contribution in [3.05, 3.63) is 0 Å². The van der Waals surface area contributed by atoms with Crippen molar-refractivity contribution >= 4 is 5.91 Å². The van der Waals surface area contributed by atoms with Crippen LogP contribution < -0.4 is 5.32 Å². The van der Waals surface area contributed by atoms with E-state index in [-0.39, 0.29) is 11.9 Å². The van der Waals surface area contributed by atoms with E-state index in [2.05, 4.69) is 22.0 Å². The Balaban J connectivity index is 1.73. The molecule has 2 saturated heterocycles. The number of carbonyl (C=O) groups is 1. The number of amides is 1. The topological polar surface area (TPSA) is 44.8 Å². The normalized spacial score (nSPS) is 25.9. The van der Waals surface area contributed by atoms with Gasteiger partial charge in [-0.05, 0) is 38.8 Å². The predicted molar refractivity (Wildman–Crippen MR) is 84.4 cm³/mol. The van der Waals surface area contributed by atoms with Crippen LogP contribution in [0.4, 0.5) is 0 Å². The molecule has 122 valence electrons. The molecule has 5 nitrogen and oxygen atoms in total. The van der Waals surface area contributed by atoms with E-state index < -0.39 is 0 Å². The molecule has 2 heterocycles. The van der Waals surface area contributed by atoms with Gasteiger partial charge in [-0.15, -0.1) is 0 Å². The minimum Gasteiger partial charge on any atom is -0.383 e. The molecule has 2 fully saturated rings. The van der Waals surface area contributed by atoms with Gasteiger partial charge in [0.05, 0.1) is 12.6 Å². The zero-order valence-corrected chi connectivity index (χ0v) is 13.6. The lowest BCUT2D eigenvalue weighted by Gasteiger charge is -2.36. The molecule has 1 amide bonds. The standard InChI is InChI=1S/C16H31N3O2/c1-3-19-9-5-4-6-15(19)16(20)17-14-7-10-18(11-8-14)12-13-21-2/h14-15H,3-13H2,1-2H3,(H,17,20)/t15-/m0/s1. The van der Waals surface area contributed by atoms with Crippen molar-refractivity contribution in [3.8, 4) is 0 Å². The number of nitrogens with zero attached hydrogens (tertiary/aromatic N) is 2. The van der Waals surface area contributed by atoms with Gasteiger partial charge < -0.3 is 15.0 Å². The molecule has 0 bridgehead atoms. The SMILES string of the molecule is CCN1CCCC[C@H]1C(=O)NC1CCN(CCOC)CC1. The number of ether oxygens (including phenoxy) is 1. The van der Waals surface area contributed by atoms with Crippen molar-refractivity contribution in [1.29, 1.82) is 0 Å². The number of likely N-dealkylation sites (tertiary alicyclic amines) is 2. The first-order valence-electron chi connectivity index (χ1n) is 8.50. The molecule has 0 unspecified atom stereocenters. The Morgan fingerprint density at radius 1 is 1.19 bits per heavy atom. The molecule has 0 spiro atoms. The number of hydrogen-bond donors (Lipinski definition) is 1. The van der Waals surface area contributed by atoms with Gasteiger partial charge in [0.2, 0.25) is 5.91 Å². The quantitative estimate of drug-likeness (QED) is 0.797. The van der Waals surface area contributed by atoms with Crippen LogP contribution in [0, 0.1) is 0 Å². The third-order valence-corrected chi connectivity index (χ3v) is 4.87. The number of hydrogen-bond acceptors (Lipinski definition) is 4. The van der Waals surface area contributed by atoms with Crippen LogP contribution in [0.2, 0.25) is 0 Å². The van der Waals surface area contributed by atoms with E-state index in [1.54, 1.807) is 7.11 Å². The first-order chi connectivity index (χ1) is 10.2. The summed E-state index contributed by atoms with van der Waals surface area (Å²) in [6, 6.07) is 0.465. The molecule has 1 N–H and O–H groups in total. The van der Waals surface area contributed by atoms with Gasteiger partial charge in [0.25, 0.3) is 0 Å². The van der Waals surface area contributed by atoms with Crippen LogP contribution >= 0.6 is 0 Å². The van der Waals surface area contributed by atoms with Crippen molar-refractivity contribution in [2.24, 2.45) is 0 Å². The molecule has 2 aliphatic heterocycles. The molecule has 0 radical (unpaired) electrons. The van der Waals surface area contributed by atoms with E-state index in [0.717, 1.165) is 58.6 Å². The highest BCUT2D eigenvalue weighted by Crippen LogP contribution is 2.18. The van der Waals surface area contributed by atoms with E-state index in [9.17, 15) is 4.79 Å². The van der Waals surface area contributed by atoms with Gasteiger partial charge >= 0.3 is 0 Å². The summed E-state index contributed by atoms with van der Waals surface area (Å²) in [6.45, 7) is 8.14.